The molecular weight excluding hydrogens is 269 g/mol. The molecule has 1 aliphatic rings. The van der Waals surface area contributed by atoms with E-state index in [0.29, 0.717) is 13.2 Å². The number of halogens is 1. The van der Waals surface area contributed by atoms with Crippen LogP contribution < -0.4 is 15.2 Å². The van der Waals surface area contributed by atoms with Crippen LogP contribution in [-0.4, -0.2) is 13.2 Å². The van der Waals surface area contributed by atoms with Crippen LogP contribution >= 0.6 is 22.6 Å². The van der Waals surface area contributed by atoms with Crippen LogP contribution in [0, 0.1) is 3.57 Å². The zero-order valence-electron chi connectivity index (χ0n) is 6.34. The summed E-state index contributed by atoms with van der Waals surface area (Å²) in [6.07, 6.45) is 0. The molecular formula is C8H8INO2. The fraction of sp³-hybridized carbons (Fsp3) is 0.250. The molecule has 0 bridgehead atoms. The molecule has 12 heavy (non-hydrogen) atoms. The van der Waals surface area contributed by atoms with Gasteiger partial charge in [-0.15, -0.1) is 0 Å². The molecule has 0 unspecified atom stereocenters. The van der Waals surface area contributed by atoms with Gasteiger partial charge in [0, 0.05) is 15.3 Å². The highest BCUT2D eigenvalue weighted by Crippen LogP contribution is 2.34. The van der Waals surface area contributed by atoms with Crippen LogP contribution in [0.5, 0.6) is 11.5 Å². The third kappa shape index (κ3) is 1.31. The molecule has 0 saturated heterocycles. The van der Waals surface area contributed by atoms with Gasteiger partial charge < -0.3 is 15.2 Å². The molecule has 0 saturated carbocycles. The highest BCUT2D eigenvalue weighted by molar-refractivity contribution is 14.1. The largest absolute Gasteiger partial charge is 0.486 e. The third-order valence-corrected chi connectivity index (χ3v) is 2.60. The molecule has 0 amide bonds. The fourth-order valence-electron chi connectivity index (χ4n) is 1.08. The highest BCUT2D eigenvalue weighted by Gasteiger charge is 2.12. The van der Waals surface area contributed by atoms with Crippen LogP contribution in [0.4, 0.5) is 5.69 Å². The molecule has 64 valence electrons. The number of fused-ring (bicyclic) bond motifs is 1. The molecule has 2 rings (SSSR count). The normalized spacial score (nSPS) is 14.4. The van der Waals surface area contributed by atoms with Crippen molar-refractivity contribution < 1.29 is 9.47 Å². The number of nitrogen functional groups attached to an aromatic ring is 1. The number of hydrogen-bond donors (Lipinski definition) is 1. The summed E-state index contributed by atoms with van der Waals surface area (Å²) in [5.41, 5.74) is 6.44. The Morgan fingerprint density at radius 3 is 2.42 bits per heavy atom. The third-order valence-electron chi connectivity index (χ3n) is 1.66. The SMILES string of the molecule is Nc1cc2c(cc1I)OCCO2. The summed E-state index contributed by atoms with van der Waals surface area (Å²) in [6, 6.07) is 3.70. The van der Waals surface area contributed by atoms with Gasteiger partial charge in [-0.3, -0.25) is 0 Å². The number of benzene rings is 1. The van der Waals surface area contributed by atoms with Crippen molar-refractivity contribution in [3.05, 3.63) is 15.7 Å². The Morgan fingerprint density at radius 1 is 1.17 bits per heavy atom. The van der Waals surface area contributed by atoms with Crippen molar-refractivity contribution in [3.8, 4) is 11.5 Å². The summed E-state index contributed by atoms with van der Waals surface area (Å²) < 4.78 is 11.7. The lowest BCUT2D eigenvalue weighted by Gasteiger charge is -2.18. The van der Waals surface area contributed by atoms with Crippen LogP contribution in [-0.2, 0) is 0 Å². The molecule has 0 fully saturated rings. The van der Waals surface area contributed by atoms with Gasteiger partial charge >= 0.3 is 0 Å². The smallest absolute Gasteiger partial charge is 0.163 e. The van der Waals surface area contributed by atoms with E-state index in [9.17, 15) is 0 Å². The highest BCUT2D eigenvalue weighted by atomic mass is 127. The summed E-state index contributed by atoms with van der Waals surface area (Å²) in [7, 11) is 0. The van der Waals surface area contributed by atoms with Gasteiger partial charge in [-0.05, 0) is 28.7 Å². The van der Waals surface area contributed by atoms with E-state index in [-0.39, 0.29) is 0 Å². The van der Waals surface area contributed by atoms with E-state index in [1.54, 1.807) is 6.07 Å². The second-order valence-electron chi connectivity index (χ2n) is 2.52. The quantitative estimate of drug-likeness (QED) is 0.579. The van der Waals surface area contributed by atoms with Crippen molar-refractivity contribution in [2.75, 3.05) is 18.9 Å². The van der Waals surface area contributed by atoms with E-state index in [2.05, 4.69) is 22.6 Å². The van der Waals surface area contributed by atoms with E-state index in [0.717, 1.165) is 20.8 Å². The van der Waals surface area contributed by atoms with Gasteiger partial charge in [0.05, 0.1) is 0 Å². The van der Waals surface area contributed by atoms with Crippen molar-refractivity contribution in [1.82, 2.24) is 0 Å². The first kappa shape index (κ1) is 7.97. The average Bonchev–Trinajstić information content (AvgIpc) is 2.07. The molecule has 0 aliphatic carbocycles. The predicted molar refractivity (Wildman–Crippen MR) is 54.6 cm³/mol. The Bertz CT molecular complexity index is 283. The first-order valence-electron chi connectivity index (χ1n) is 3.62. The summed E-state index contributed by atoms with van der Waals surface area (Å²) >= 11 is 2.17. The minimum atomic E-state index is 0.604. The van der Waals surface area contributed by atoms with E-state index in [4.69, 9.17) is 15.2 Å². The average molecular weight is 277 g/mol. The Balaban J connectivity index is 2.49. The maximum absolute atomic E-state index is 5.70. The van der Waals surface area contributed by atoms with Crippen LogP contribution in [0.3, 0.4) is 0 Å². The van der Waals surface area contributed by atoms with Gasteiger partial charge in [-0.1, -0.05) is 0 Å². The molecule has 0 atom stereocenters. The number of nitrogens with two attached hydrogens (primary N) is 1. The molecule has 2 N–H and O–H groups in total. The minimum Gasteiger partial charge on any atom is -0.486 e. The monoisotopic (exact) mass is 277 g/mol. The van der Waals surface area contributed by atoms with Crippen molar-refractivity contribution in [1.29, 1.82) is 0 Å². The number of anilines is 1. The summed E-state index contributed by atoms with van der Waals surface area (Å²) in [4.78, 5) is 0. The summed E-state index contributed by atoms with van der Waals surface area (Å²) in [6.45, 7) is 1.22. The van der Waals surface area contributed by atoms with Gasteiger partial charge in [-0.25, -0.2) is 0 Å². The van der Waals surface area contributed by atoms with Crippen molar-refractivity contribution in [3.63, 3.8) is 0 Å². The molecule has 0 spiro atoms. The second kappa shape index (κ2) is 3.01. The first-order valence-corrected chi connectivity index (χ1v) is 4.70. The van der Waals surface area contributed by atoms with Gasteiger partial charge in [0.1, 0.15) is 13.2 Å². The van der Waals surface area contributed by atoms with Gasteiger partial charge in [0.2, 0.25) is 0 Å². The van der Waals surface area contributed by atoms with Crippen LogP contribution in [0.1, 0.15) is 0 Å². The topological polar surface area (TPSA) is 44.5 Å². The summed E-state index contributed by atoms with van der Waals surface area (Å²) in [5.74, 6) is 1.54. The lowest BCUT2D eigenvalue weighted by Crippen LogP contribution is -2.15. The zero-order valence-corrected chi connectivity index (χ0v) is 8.50. The van der Waals surface area contributed by atoms with Gasteiger partial charge in [0.15, 0.2) is 11.5 Å². The Labute approximate surface area is 84.0 Å². The first-order chi connectivity index (χ1) is 5.77. The second-order valence-corrected chi connectivity index (χ2v) is 3.68. The Morgan fingerprint density at radius 2 is 1.75 bits per heavy atom. The predicted octanol–water partition coefficient (Wildman–Crippen LogP) is 1.64. The number of rotatable bonds is 0. The lowest BCUT2D eigenvalue weighted by atomic mass is 10.3. The lowest BCUT2D eigenvalue weighted by molar-refractivity contribution is 0.171. The molecule has 0 radical (unpaired) electrons. The van der Waals surface area contributed by atoms with E-state index in [1.165, 1.54) is 0 Å². The van der Waals surface area contributed by atoms with E-state index < -0.39 is 0 Å². The Hall–Kier alpha value is -0.650. The molecule has 1 aromatic carbocycles. The maximum atomic E-state index is 5.70. The van der Waals surface area contributed by atoms with Crippen LogP contribution in [0.2, 0.25) is 0 Å². The van der Waals surface area contributed by atoms with Crippen LogP contribution in [0.25, 0.3) is 0 Å². The summed E-state index contributed by atoms with van der Waals surface area (Å²) in [5, 5.41) is 0. The Kier molecular flexibility index (Phi) is 2.00. The number of hydrogen-bond acceptors (Lipinski definition) is 3. The maximum Gasteiger partial charge on any atom is 0.163 e. The molecule has 3 nitrogen and oxygen atoms in total. The van der Waals surface area contributed by atoms with E-state index >= 15 is 0 Å². The molecule has 4 heteroatoms. The van der Waals surface area contributed by atoms with Crippen molar-refractivity contribution >= 4 is 28.3 Å². The standard InChI is InChI=1S/C8H8INO2/c9-5-3-7-8(4-6(5)10)12-2-1-11-7/h3-4H,1-2,10H2. The zero-order chi connectivity index (χ0) is 8.55. The fourth-order valence-corrected chi connectivity index (χ4v) is 1.52. The molecule has 1 aromatic rings. The van der Waals surface area contributed by atoms with Crippen molar-refractivity contribution in [2.24, 2.45) is 0 Å². The van der Waals surface area contributed by atoms with Crippen molar-refractivity contribution in [2.45, 2.75) is 0 Å². The van der Waals surface area contributed by atoms with Gasteiger partial charge in [0.25, 0.3) is 0 Å². The van der Waals surface area contributed by atoms with Gasteiger partial charge in [-0.2, -0.15) is 0 Å². The van der Waals surface area contributed by atoms with Crippen LogP contribution in [0.15, 0.2) is 12.1 Å². The molecule has 0 aromatic heterocycles. The molecule has 1 aliphatic heterocycles. The van der Waals surface area contributed by atoms with E-state index in [1.807, 2.05) is 6.07 Å². The minimum absolute atomic E-state index is 0.604. The number of ether oxygens (including phenoxy) is 2. The molecule has 1 heterocycles.